The fraction of sp³-hybridized carbons (Fsp3) is 0.364. The average molecular weight is 416 g/mol. The topological polar surface area (TPSA) is 73.9 Å². The first kappa shape index (κ1) is 19.7. The highest BCUT2D eigenvalue weighted by atomic mass is 35.5. The average Bonchev–Trinajstić information content (AvgIpc) is 3.10. The van der Waals surface area contributed by atoms with Gasteiger partial charge >= 0.3 is 11.9 Å². The molecule has 6 nitrogen and oxygen atoms in total. The number of carbonyl (C=O) groups is 2. The Kier molecular flexibility index (Phi) is 5.23. The maximum absolute atomic E-state index is 13.3. The number of fused-ring (bicyclic) bond motifs is 3. The summed E-state index contributed by atoms with van der Waals surface area (Å²) in [6.07, 6.45) is 0. The van der Waals surface area contributed by atoms with Gasteiger partial charge in [0.1, 0.15) is 5.75 Å². The van der Waals surface area contributed by atoms with Crippen molar-refractivity contribution < 1.29 is 23.8 Å². The molecule has 4 atom stereocenters. The summed E-state index contributed by atoms with van der Waals surface area (Å²) in [5, 5.41) is 3.79. The summed E-state index contributed by atoms with van der Waals surface area (Å²) in [7, 11) is 1.30. The monoisotopic (exact) mass is 415 g/mol. The number of halogens is 1. The third-order valence-corrected chi connectivity index (χ3v) is 6.07. The van der Waals surface area contributed by atoms with E-state index in [1.54, 1.807) is 31.2 Å². The second-order valence-electron chi connectivity index (χ2n) is 7.14. The highest BCUT2D eigenvalue weighted by Gasteiger charge is 2.65. The summed E-state index contributed by atoms with van der Waals surface area (Å²) in [5.74, 6) is -1.55. The Morgan fingerprint density at radius 2 is 1.93 bits per heavy atom. The molecule has 0 spiro atoms. The van der Waals surface area contributed by atoms with Crippen molar-refractivity contribution in [2.75, 3.05) is 20.3 Å². The van der Waals surface area contributed by atoms with Crippen LogP contribution >= 0.6 is 11.6 Å². The van der Waals surface area contributed by atoms with E-state index in [2.05, 4.69) is 5.32 Å². The lowest BCUT2D eigenvalue weighted by Gasteiger charge is -2.33. The molecular formula is C22H22ClNO5. The summed E-state index contributed by atoms with van der Waals surface area (Å²) in [6.45, 7) is 2.20. The van der Waals surface area contributed by atoms with Crippen molar-refractivity contribution in [3.8, 4) is 5.75 Å². The summed E-state index contributed by atoms with van der Waals surface area (Å²) < 4.78 is 16.5. The van der Waals surface area contributed by atoms with Gasteiger partial charge in [0.05, 0.1) is 26.2 Å². The zero-order chi connectivity index (χ0) is 20.6. The van der Waals surface area contributed by atoms with E-state index in [-0.39, 0.29) is 25.2 Å². The first-order valence-electron chi connectivity index (χ1n) is 9.54. The number of methoxy groups -OCH3 is 1. The fourth-order valence-corrected chi connectivity index (χ4v) is 4.86. The smallest absolute Gasteiger partial charge is 0.331 e. The SMILES string of the molecule is CCOC(=O)[C@H]1[C@@H]2COc3ccccc3[C@H]2N[C@]1(C(=O)OC)c1ccccc1Cl. The lowest BCUT2D eigenvalue weighted by molar-refractivity contribution is -0.162. The molecule has 1 saturated heterocycles. The summed E-state index contributed by atoms with van der Waals surface area (Å²) >= 11 is 6.51. The Morgan fingerprint density at radius 1 is 1.21 bits per heavy atom. The van der Waals surface area contributed by atoms with Crippen LogP contribution in [0.3, 0.4) is 0 Å². The molecule has 2 heterocycles. The second-order valence-corrected chi connectivity index (χ2v) is 7.55. The van der Waals surface area contributed by atoms with Gasteiger partial charge in [-0.25, -0.2) is 4.79 Å². The molecule has 1 N–H and O–H groups in total. The van der Waals surface area contributed by atoms with Crippen molar-refractivity contribution in [1.29, 1.82) is 0 Å². The number of hydrogen-bond acceptors (Lipinski definition) is 6. The summed E-state index contributed by atoms with van der Waals surface area (Å²) in [5.41, 5.74) is -0.121. The van der Waals surface area contributed by atoms with Crippen LogP contribution in [-0.4, -0.2) is 32.3 Å². The molecule has 7 heteroatoms. The van der Waals surface area contributed by atoms with Gasteiger partial charge in [-0.15, -0.1) is 0 Å². The van der Waals surface area contributed by atoms with Crippen LogP contribution in [0.25, 0.3) is 0 Å². The number of esters is 2. The van der Waals surface area contributed by atoms with E-state index < -0.39 is 23.4 Å². The van der Waals surface area contributed by atoms with Crippen LogP contribution in [0, 0.1) is 11.8 Å². The molecule has 0 aliphatic carbocycles. The number of rotatable bonds is 4. The van der Waals surface area contributed by atoms with Crippen LogP contribution in [0.1, 0.15) is 24.1 Å². The largest absolute Gasteiger partial charge is 0.493 e. The molecule has 152 valence electrons. The van der Waals surface area contributed by atoms with Gasteiger partial charge in [0.2, 0.25) is 0 Å². The summed E-state index contributed by atoms with van der Waals surface area (Å²) in [6, 6.07) is 14.3. The van der Waals surface area contributed by atoms with Crippen LogP contribution in [0.15, 0.2) is 48.5 Å². The van der Waals surface area contributed by atoms with Crippen molar-refractivity contribution in [3.63, 3.8) is 0 Å². The normalized spacial score (nSPS) is 27.3. The van der Waals surface area contributed by atoms with Crippen molar-refractivity contribution in [1.82, 2.24) is 5.32 Å². The van der Waals surface area contributed by atoms with Gasteiger partial charge in [0.15, 0.2) is 5.54 Å². The van der Waals surface area contributed by atoms with Gasteiger partial charge < -0.3 is 14.2 Å². The Bertz CT molecular complexity index is 948. The van der Waals surface area contributed by atoms with Gasteiger partial charge in [-0.2, -0.15) is 0 Å². The molecule has 29 heavy (non-hydrogen) atoms. The molecule has 4 rings (SSSR count). The zero-order valence-corrected chi connectivity index (χ0v) is 16.9. The Labute approximate surface area is 174 Å². The van der Waals surface area contributed by atoms with E-state index in [0.717, 1.165) is 11.3 Å². The van der Waals surface area contributed by atoms with E-state index in [1.807, 2.05) is 24.3 Å². The van der Waals surface area contributed by atoms with Crippen LogP contribution < -0.4 is 10.1 Å². The lowest BCUT2D eigenvalue weighted by atomic mass is 9.73. The molecular weight excluding hydrogens is 394 g/mol. The molecule has 2 aromatic rings. The number of para-hydroxylation sites is 1. The van der Waals surface area contributed by atoms with E-state index in [1.165, 1.54) is 7.11 Å². The van der Waals surface area contributed by atoms with Gasteiger partial charge in [0.25, 0.3) is 0 Å². The molecule has 0 saturated carbocycles. The molecule has 0 bridgehead atoms. The van der Waals surface area contributed by atoms with Crippen LogP contribution in [0.5, 0.6) is 5.75 Å². The highest BCUT2D eigenvalue weighted by molar-refractivity contribution is 6.31. The second kappa shape index (κ2) is 7.69. The molecule has 2 aliphatic rings. The van der Waals surface area contributed by atoms with Crippen molar-refractivity contribution >= 4 is 23.5 Å². The van der Waals surface area contributed by atoms with Gasteiger partial charge in [-0.1, -0.05) is 48.0 Å². The lowest BCUT2D eigenvalue weighted by Crippen LogP contribution is -2.53. The van der Waals surface area contributed by atoms with E-state index in [9.17, 15) is 9.59 Å². The Balaban J connectivity index is 1.94. The third kappa shape index (κ3) is 2.98. The molecule has 0 aromatic heterocycles. The minimum absolute atomic E-state index is 0.198. The van der Waals surface area contributed by atoms with Gasteiger partial charge in [0, 0.05) is 28.1 Å². The Morgan fingerprint density at radius 3 is 2.66 bits per heavy atom. The van der Waals surface area contributed by atoms with Gasteiger partial charge in [-0.3, -0.25) is 10.1 Å². The number of ether oxygens (including phenoxy) is 3. The number of carbonyl (C=O) groups excluding carboxylic acids is 2. The quantitative estimate of drug-likeness (QED) is 0.773. The maximum Gasteiger partial charge on any atom is 0.331 e. The minimum atomic E-state index is -1.49. The van der Waals surface area contributed by atoms with E-state index >= 15 is 0 Å². The van der Waals surface area contributed by atoms with Crippen molar-refractivity contribution in [2.24, 2.45) is 11.8 Å². The molecule has 0 amide bonds. The van der Waals surface area contributed by atoms with Crippen molar-refractivity contribution in [2.45, 2.75) is 18.5 Å². The molecule has 2 aliphatic heterocycles. The highest BCUT2D eigenvalue weighted by Crippen LogP contribution is 2.53. The number of benzene rings is 2. The summed E-state index contributed by atoms with van der Waals surface area (Å²) in [4.78, 5) is 26.4. The molecule has 0 radical (unpaired) electrons. The van der Waals surface area contributed by atoms with Crippen LogP contribution in [-0.2, 0) is 24.6 Å². The molecule has 0 unspecified atom stereocenters. The van der Waals surface area contributed by atoms with Crippen LogP contribution in [0.4, 0.5) is 0 Å². The Hall–Kier alpha value is -2.57. The third-order valence-electron chi connectivity index (χ3n) is 5.74. The standard InChI is InChI=1S/C22H22ClNO5/c1-3-28-20(25)18-14-12-29-17-11-7-4-8-13(17)19(14)24-22(18,21(26)27-2)15-9-5-6-10-16(15)23/h4-11,14,18-19,24H,3,12H2,1-2H3/t14-,18+,19+,22+/m0/s1. The van der Waals surface area contributed by atoms with Crippen molar-refractivity contribution in [3.05, 3.63) is 64.7 Å². The number of hydrogen-bond donors (Lipinski definition) is 1. The van der Waals surface area contributed by atoms with Gasteiger partial charge in [-0.05, 0) is 19.1 Å². The first-order chi connectivity index (χ1) is 14.0. The fourth-order valence-electron chi connectivity index (χ4n) is 4.58. The first-order valence-corrected chi connectivity index (χ1v) is 9.91. The maximum atomic E-state index is 13.3. The zero-order valence-electron chi connectivity index (χ0n) is 16.2. The minimum Gasteiger partial charge on any atom is -0.493 e. The molecule has 2 aromatic carbocycles. The van der Waals surface area contributed by atoms with E-state index in [0.29, 0.717) is 10.6 Å². The predicted octanol–water partition coefficient (Wildman–Crippen LogP) is 3.24. The number of nitrogens with one attached hydrogen (secondary N) is 1. The van der Waals surface area contributed by atoms with Crippen LogP contribution in [0.2, 0.25) is 5.02 Å². The van der Waals surface area contributed by atoms with E-state index in [4.69, 9.17) is 25.8 Å². The molecule has 1 fully saturated rings. The predicted molar refractivity (Wildman–Crippen MR) is 107 cm³/mol.